The molecule has 0 unspecified atom stereocenters. The van der Waals surface area contributed by atoms with Gasteiger partial charge in [-0.1, -0.05) is 25.7 Å². The van der Waals surface area contributed by atoms with E-state index in [1.807, 2.05) is 24.3 Å². The second-order valence-corrected chi connectivity index (χ2v) is 6.91. The van der Waals surface area contributed by atoms with Gasteiger partial charge in [-0.2, -0.15) is 0 Å². The lowest BCUT2D eigenvalue weighted by Crippen LogP contribution is -2.28. The first-order chi connectivity index (χ1) is 13.7. The topological polar surface area (TPSA) is 85.4 Å². The van der Waals surface area contributed by atoms with Gasteiger partial charge in [0.15, 0.2) is 0 Å². The van der Waals surface area contributed by atoms with Crippen LogP contribution in [-0.2, 0) is 0 Å². The second kappa shape index (κ2) is 10.5. The smallest absolute Gasteiger partial charge is 0.254 e. The van der Waals surface area contributed by atoms with Crippen molar-refractivity contribution in [2.45, 2.75) is 44.6 Å². The number of amides is 1. The molecule has 1 amide bonds. The molecule has 1 aromatic heterocycles. The van der Waals surface area contributed by atoms with Gasteiger partial charge in [-0.3, -0.25) is 4.79 Å². The molecular formula is C21H28N4O3. The van der Waals surface area contributed by atoms with E-state index < -0.39 is 0 Å². The lowest BCUT2D eigenvalue weighted by Gasteiger charge is -2.15. The first-order valence-corrected chi connectivity index (χ1v) is 9.88. The Bertz CT molecular complexity index is 726. The summed E-state index contributed by atoms with van der Waals surface area (Å²) in [6, 6.07) is 7.74. The van der Waals surface area contributed by atoms with Crippen LogP contribution in [0.25, 0.3) is 0 Å². The van der Waals surface area contributed by atoms with Crippen molar-refractivity contribution < 1.29 is 14.3 Å². The Labute approximate surface area is 165 Å². The molecule has 1 fully saturated rings. The van der Waals surface area contributed by atoms with Crippen molar-refractivity contribution in [2.24, 2.45) is 0 Å². The molecule has 7 heteroatoms. The molecule has 0 aliphatic heterocycles. The van der Waals surface area contributed by atoms with Crippen molar-refractivity contribution in [3.05, 3.63) is 42.2 Å². The number of nitrogens with one attached hydrogen (secondary N) is 2. The van der Waals surface area contributed by atoms with Gasteiger partial charge in [-0.25, -0.2) is 9.97 Å². The molecule has 150 valence electrons. The van der Waals surface area contributed by atoms with Crippen LogP contribution in [0.2, 0.25) is 0 Å². The molecule has 0 spiro atoms. The van der Waals surface area contributed by atoms with Gasteiger partial charge in [0, 0.05) is 18.4 Å². The van der Waals surface area contributed by atoms with E-state index in [2.05, 4.69) is 20.6 Å². The summed E-state index contributed by atoms with van der Waals surface area (Å²) in [6.45, 7) is 0.771. The monoisotopic (exact) mass is 384 g/mol. The van der Waals surface area contributed by atoms with E-state index >= 15 is 0 Å². The third kappa shape index (κ3) is 6.11. The molecule has 1 saturated carbocycles. The van der Waals surface area contributed by atoms with E-state index in [4.69, 9.17) is 9.47 Å². The number of benzene rings is 1. The molecule has 1 aliphatic carbocycles. The van der Waals surface area contributed by atoms with Gasteiger partial charge in [-0.15, -0.1) is 0 Å². The van der Waals surface area contributed by atoms with Crippen LogP contribution in [-0.4, -0.2) is 42.2 Å². The lowest BCUT2D eigenvalue weighted by molar-refractivity contribution is 0.0946. The molecular weight excluding hydrogens is 356 g/mol. The highest BCUT2D eigenvalue weighted by Crippen LogP contribution is 2.19. The second-order valence-electron chi connectivity index (χ2n) is 6.91. The number of anilines is 1. The molecule has 2 aromatic rings. The van der Waals surface area contributed by atoms with Crippen LogP contribution < -0.4 is 20.1 Å². The fourth-order valence-electron chi connectivity index (χ4n) is 3.23. The van der Waals surface area contributed by atoms with Crippen LogP contribution >= 0.6 is 0 Å². The van der Waals surface area contributed by atoms with Gasteiger partial charge in [0.2, 0.25) is 5.95 Å². The predicted molar refractivity (Wildman–Crippen MR) is 108 cm³/mol. The number of hydrogen-bond acceptors (Lipinski definition) is 6. The van der Waals surface area contributed by atoms with Crippen LogP contribution in [0.15, 0.2) is 36.7 Å². The molecule has 7 nitrogen and oxygen atoms in total. The normalized spacial score (nSPS) is 14.8. The maximum atomic E-state index is 12.2. The quantitative estimate of drug-likeness (QED) is 0.536. The van der Waals surface area contributed by atoms with Crippen LogP contribution in [0.3, 0.4) is 0 Å². The highest BCUT2D eigenvalue weighted by Gasteiger charge is 2.13. The Kier molecular flexibility index (Phi) is 7.46. The molecule has 0 bridgehead atoms. The SMILES string of the molecule is COc1ccc(OCCNC(=O)c2cnc(NC3CCCCCC3)nc2)cc1. The fourth-order valence-corrected chi connectivity index (χ4v) is 3.23. The van der Waals surface area contributed by atoms with Crippen LogP contribution in [0.1, 0.15) is 48.9 Å². The number of nitrogens with zero attached hydrogens (tertiary/aromatic N) is 2. The van der Waals surface area contributed by atoms with Crippen LogP contribution in [0, 0.1) is 0 Å². The first-order valence-electron chi connectivity index (χ1n) is 9.88. The Hall–Kier alpha value is -2.83. The third-order valence-electron chi connectivity index (χ3n) is 4.82. The lowest BCUT2D eigenvalue weighted by atomic mass is 10.1. The summed E-state index contributed by atoms with van der Waals surface area (Å²) in [5.74, 6) is 1.88. The summed E-state index contributed by atoms with van der Waals surface area (Å²) in [5, 5.41) is 6.19. The van der Waals surface area contributed by atoms with Crippen molar-refractivity contribution in [2.75, 3.05) is 25.6 Å². The first kappa shape index (κ1) is 19.9. The summed E-state index contributed by atoms with van der Waals surface area (Å²) < 4.78 is 10.7. The van der Waals surface area contributed by atoms with Crippen molar-refractivity contribution in [1.82, 2.24) is 15.3 Å². The minimum Gasteiger partial charge on any atom is -0.497 e. The standard InChI is InChI=1S/C21H28N4O3/c1-27-18-8-10-19(11-9-18)28-13-12-22-20(26)16-14-23-21(24-15-16)25-17-6-4-2-3-5-7-17/h8-11,14-15,17H,2-7,12-13H2,1H3,(H,22,26)(H,23,24,25). The summed E-state index contributed by atoms with van der Waals surface area (Å²) in [6.07, 6.45) is 10.5. The summed E-state index contributed by atoms with van der Waals surface area (Å²) >= 11 is 0. The maximum absolute atomic E-state index is 12.2. The molecule has 1 heterocycles. The van der Waals surface area contributed by atoms with Crippen LogP contribution in [0.4, 0.5) is 5.95 Å². The Morgan fingerprint density at radius 2 is 1.68 bits per heavy atom. The van der Waals surface area contributed by atoms with Crippen molar-refractivity contribution in [3.8, 4) is 11.5 Å². The number of ether oxygens (including phenoxy) is 2. The number of methoxy groups -OCH3 is 1. The van der Waals surface area contributed by atoms with Gasteiger partial charge in [0.05, 0.1) is 19.2 Å². The number of aromatic nitrogens is 2. The van der Waals surface area contributed by atoms with E-state index in [1.165, 1.54) is 25.7 Å². The van der Waals surface area contributed by atoms with Crippen molar-refractivity contribution in [1.29, 1.82) is 0 Å². The van der Waals surface area contributed by atoms with Gasteiger partial charge in [0.1, 0.15) is 18.1 Å². The fraction of sp³-hybridized carbons (Fsp3) is 0.476. The number of rotatable bonds is 8. The average Bonchev–Trinajstić information content (AvgIpc) is 3.01. The molecule has 0 atom stereocenters. The van der Waals surface area contributed by atoms with Gasteiger partial charge in [0.25, 0.3) is 5.91 Å². The molecule has 0 saturated heterocycles. The van der Waals surface area contributed by atoms with Gasteiger partial charge < -0.3 is 20.1 Å². The summed E-state index contributed by atoms with van der Waals surface area (Å²) in [5.41, 5.74) is 0.441. The highest BCUT2D eigenvalue weighted by atomic mass is 16.5. The zero-order valence-corrected chi connectivity index (χ0v) is 16.3. The predicted octanol–water partition coefficient (Wildman–Crippen LogP) is 3.43. The molecule has 2 N–H and O–H groups in total. The molecule has 0 radical (unpaired) electrons. The zero-order chi connectivity index (χ0) is 19.6. The molecule has 28 heavy (non-hydrogen) atoms. The van der Waals surface area contributed by atoms with Gasteiger partial charge >= 0.3 is 0 Å². The van der Waals surface area contributed by atoms with E-state index in [0.29, 0.717) is 30.7 Å². The minimum absolute atomic E-state index is 0.209. The molecule has 1 aliphatic rings. The largest absolute Gasteiger partial charge is 0.497 e. The van der Waals surface area contributed by atoms with Crippen molar-refractivity contribution in [3.63, 3.8) is 0 Å². The third-order valence-corrected chi connectivity index (χ3v) is 4.82. The van der Waals surface area contributed by atoms with Gasteiger partial charge in [-0.05, 0) is 37.1 Å². The number of carbonyl (C=O) groups excluding carboxylic acids is 1. The summed E-state index contributed by atoms with van der Waals surface area (Å²) in [4.78, 5) is 20.8. The van der Waals surface area contributed by atoms with E-state index in [9.17, 15) is 4.79 Å². The number of hydrogen-bond donors (Lipinski definition) is 2. The maximum Gasteiger partial charge on any atom is 0.254 e. The highest BCUT2D eigenvalue weighted by molar-refractivity contribution is 5.93. The molecule has 1 aromatic carbocycles. The Morgan fingerprint density at radius 1 is 1.04 bits per heavy atom. The zero-order valence-electron chi connectivity index (χ0n) is 16.3. The molecule has 3 rings (SSSR count). The summed E-state index contributed by atoms with van der Waals surface area (Å²) in [7, 11) is 1.62. The van der Waals surface area contributed by atoms with E-state index in [0.717, 1.165) is 24.3 Å². The average molecular weight is 384 g/mol. The Morgan fingerprint density at radius 3 is 2.32 bits per heavy atom. The minimum atomic E-state index is -0.209. The van der Waals surface area contributed by atoms with Crippen molar-refractivity contribution >= 4 is 11.9 Å². The van der Waals surface area contributed by atoms with E-state index in [-0.39, 0.29) is 5.91 Å². The number of carbonyl (C=O) groups is 1. The van der Waals surface area contributed by atoms with E-state index in [1.54, 1.807) is 19.5 Å². The van der Waals surface area contributed by atoms with Crippen LogP contribution in [0.5, 0.6) is 11.5 Å². The Balaban J connectivity index is 1.40.